The van der Waals surface area contributed by atoms with Gasteiger partial charge in [0.1, 0.15) is 0 Å². The average Bonchev–Trinajstić information content (AvgIpc) is 2.89. The van der Waals surface area contributed by atoms with Crippen LogP contribution in [0.15, 0.2) is 30.5 Å². The second-order valence-electron chi connectivity index (χ2n) is 9.84. The number of piperazine rings is 1. The first kappa shape index (κ1) is 27.6. The second-order valence-corrected chi connectivity index (χ2v) is 9.84. The topological polar surface area (TPSA) is 99.7 Å². The number of hydrogen-bond acceptors (Lipinski definition) is 7. The molecule has 1 aliphatic heterocycles. The van der Waals surface area contributed by atoms with Crippen LogP contribution in [-0.2, 0) is 17.3 Å². The van der Waals surface area contributed by atoms with Gasteiger partial charge in [0.2, 0.25) is 5.95 Å². The van der Waals surface area contributed by atoms with Crippen molar-refractivity contribution in [3.63, 3.8) is 0 Å². The van der Waals surface area contributed by atoms with Crippen LogP contribution in [0, 0.1) is 5.92 Å². The summed E-state index contributed by atoms with van der Waals surface area (Å²) in [7, 11) is 3.27. The van der Waals surface area contributed by atoms with Crippen LogP contribution in [0.4, 0.5) is 29.6 Å². The van der Waals surface area contributed by atoms with Crippen LogP contribution in [0.2, 0.25) is 0 Å². The summed E-state index contributed by atoms with van der Waals surface area (Å²) in [6.07, 6.45) is -1.31. The zero-order valence-corrected chi connectivity index (χ0v) is 21.6. The Morgan fingerprint density at radius 3 is 2.42 bits per heavy atom. The van der Waals surface area contributed by atoms with Crippen molar-refractivity contribution in [2.45, 2.75) is 44.3 Å². The number of nitrogens with zero attached hydrogens (tertiary/aromatic N) is 4. The number of likely N-dealkylation sites (N-methyl/N-ethyl adjacent to an activating group) is 1. The van der Waals surface area contributed by atoms with E-state index in [1.54, 1.807) is 29.2 Å². The van der Waals surface area contributed by atoms with E-state index in [4.69, 9.17) is 0 Å². The van der Waals surface area contributed by atoms with Crippen LogP contribution in [-0.4, -0.2) is 78.1 Å². The average molecular weight is 535 g/mol. The summed E-state index contributed by atoms with van der Waals surface area (Å²) >= 11 is 0. The number of ether oxygens (including phenoxy) is 1. The molecular formula is C26H33F3N6O3. The molecule has 2 amide bonds. The zero-order valence-electron chi connectivity index (χ0n) is 21.6. The zero-order chi connectivity index (χ0) is 27.3. The Kier molecular flexibility index (Phi) is 8.70. The highest BCUT2D eigenvalue weighted by atomic mass is 19.4. The molecule has 0 unspecified atom stereocenters. The third-order valence-electron chi connectivity index (χ3n) is 7.20. The molecule has 9 nitrogen and oxygen atoms in total. The molecule has 12 heteroatoms. The molecule has 2 aromatic rings. The van der Waals surface area contributed by atoms with E-state index >= 15 is 0 Å². The van der Waals surface area contributed by atoms with E-state index in [0.29, 0.717) is 37.2 Å². The van der Waals surface area contributed by atoms with Crippen molar-refractivity contribution in [1.29, 1.82) is 0 Å². The highest BCUT2D eigenvalue weighted by molar-refractivity contribution is 5.94. The Balaban J connectivity index is 1.49. The molecule has 2 fully saturated rings. The predicted molar refractivity (Wildman–Crippen MR) is 135 cm³/mol. The molecule has 1 aromatic carbocycles. The fourth-order valence-corrected chi connectivity index (χ4v) is 4.99. The summed E-state index contributed by atoms with van der Waals surface area (Å²) in [5.41, 5.74) is 0.0723. The molecule has 0 radical (unpaired) electrons. The lowest BCUT2D eigenvalue weighted by atomic mass is 9.81. The van der Waals surface area contributed by atoms with Gasteiger partial charge in [-0.15, -0.1) is 0 Å². The monoisotopic (exact) mass is 534 g/mol. The highest BCUT2D eigenvalue weighted by Gasteiger charge is 2.37. The van der Waals surface area contributed by atoms with Gasteiger partial charge < -0.3 is 25.2 Å². The molecule has 38 heavy (non-hydrogen) atoms. The number of amides is 2. The largest absolute Gasteiger partial charge is 0.453 e. The number of benzene rings is 1. The molecule has 1 aromatic heterocycles. The first-order valence-corrected chi connectivity index (χ1v) is 12.8. The summed E-state index contributed by atoms with van der Waals surface area (Å²) in [6.45, 7) is 2.96. The Hall–Kier alpha value is -3.41. The Morgan fingerprint density at radius 2 is 1.76 bits per heavy atom. The molecule has 2 aliphatic rings. The van der Waals surface area contributed by atoms with Gasteiger partial charge in [-0.2, -0.15) is 13.2 Å². The minimum Gasteiger partial charge on any atom is -0.453 e. The van der Waals surface area contributed by atoms with Crippen LogP contribution in [0.5, 0.6) is 0 Å². The van der Waals surface area contributed by atoms with Gasteiger partial charge in [-0.3, -0.25) is 4.79 Å². The van der Waals surface area contributed by atoms with E-state index in [-0.39, 0.29) is 35.9 Å². The van der Waals surface area contributed by atoms with Crippen molar-refractivity contribution in [2.75, 3.05) is 45.7 Å². The third kappa shape index (κ3) is 6.91. The van der Waals surface area contributed by atoms with Gasteiger partial charge in [-0.05, 0) is 56.5 Å². The number of halogens is 3. The molecule has 2 N–H and O–H groups in total. The Bertz CT molecular complexity index is 1120. The summed E-state index contributed by atoms with van der Waals surface area (Å²) in [4.78, 5) is 36.6. The first-order valence-electron chi connectivity index (χ1n) is 12.8. The number of nitrogens with one attached hydrogen (secondary N) is 2. The van der Waals surface area contributed by atoms with E-state index in [9.17, 15) is 22.8 Å². The van der Waals surface area contributed by atoms with Crippen LogP contribution < -0.4 is 10.6 Å². The van der Waals surface area contributed by atoms with Gasteiger partial charge in [0, 0.05) is 49.7 Å². The van der Waals surface area contributed by atoms with E-state index in [2.05, 4.69) is 30.2 Å². The van der Waals surface area contributed by atoms with E-state index in [1.807, 2.05) is 7.05 Å². The number of carbonyl (C=O) groups is 2. The molecule has 206 valence electrons. The number of methoxy groups -OCH3 is 1. The summed E-state index contributed by atoms with van der Waals surface area (Å²) in [5.74, 6) is -0.244. The van der Waals surface area contributed by atoms with Gasteiger partial charge >= 0.3 is 12.3 Å². The molecule has 0 bridgehead atoms. The number of hydrogen-bond donors (Lipinski definition) is 2. The van der Waals surface area contributed by atoms with E-state index in [0.717, 1.165) is 32.1 Å². The van der Waals surface area contributed by atoms with Crippen LogP contribution >= 0.6 is 0 Å². The minimum atomic E-state index is -4.61. The Morgan fingerprint density at radius 1 is 1.08 bits per heavy atom. The van der Waals surface area contributed by atoms with E-state index < -0.39 is 17.8 Å². The summed E-state index contributed by atoms with van der Waals surface area (Å²) in [6, 6.07) is 6.43. The standard InChI is InChI=1S/C26H33F3N6O3/c1-34-11-13-35(14-12-34)23(36)17-7-9-19(10-8-17)31-24-30-16-20(26(27,28)29)22(32-24)15-18-5-3-4-6-21(18)33-25(37)38-2/h7-10,16,18,21H,3-6,11-15H2,1-2H3,(H,33,37)(H,30,31,32)/t18-,21-/m0/s1. The van der Waals surface area contributed by atoms with E-state index in [1.165, 1.54) is 7.11 Å². The van der Waals surface area contributed by atoms with Crippen molar-refractivity contribution in [3.05, 3.63) is 47.3 Å². The quantitative estimate of drug-likeness (QED) is 0.576. The molecule has 0 spiro atoms. The van der Waals surface area contributed by atoms with Crippen LogP contribution in [0.3, 0.4) is 0 Å². The second kappa shape index (κ2) is 12.0. The Labute approximate surface area is 219 Å². The first-order chi connectivity index (χ1) is 18.1. The molecule has 4 rings (SSSR count). The van der Waals surface area contributed by atoms with Crippen LogP contribution in [0.25, 0.3) is 0 Å². The minimum absolute atomic E-state index is 0.0273. The number of aromatic nitrogens is 2. The lowest BCUT2D eigenvalue weighted by molar-refractivity contribution is -0.138. The molecule has 1 aliphatic carbocycles. The van der Waals surface area contributed by atoms with Crippen molar-refractivity contribution >= 4 is 23.6 Å². The third-order valence-corrected chi connectivity index (χ3v) is 7.20. The van der Waals surface area contributed by atoms with Gasteiger partial charge in [0.15, 0.2) is 0 Å². The van der Waals surface area contributed by atoms with Crippen LogP contribution in [0.1, 0.15) is 47.3 Å². The van der Waals surface area contributed by atoms with Crippen molar-refractivity contribution in [3.8, 4) is 0 Å². The maximum Gasteiger partial charge on any atom is 0.419 e. The fraction of sp³-hybridized carbons (Fsp3) is 0.538. The maximum atomic E-state index is 13.8. The van der Waals surface area contributed by atoms with Crippen molar-refractivity contribution in [2.24, 2.45) is 5.92 Å². The van der Waals surface area contributed by atoms with Crippen molar-refractivity contribution < 1.29 is 27.5 Å². The summed E-state index contributed by atoms with van der Waals surface area (Å²) in [5, 5.41) is 5.71. The number of rotatable bonds is 6. The SMILES string of the molecule is COC(=O)N[C@H]1CCCC[C@H]1Cc1nc(Nc2ccc(C(=O)N3CCN(C)CC3)cc2)ncc1C(F)(F)F. The smallest absolute Gasteiger partial charge is 0.419 e. The summed E-state index contributed by atoms with van der Waals surface area (Å²) < 4.78 is 46.1. The molecule has 1 saturated heterocycles. The van der Waals surface area contributed by atoms with Gasteiger partial charge in [-0.1, -0.05) is 12.8 Å². The normalized spacial score (nSPS) is 20.6. The van der Waals surface area contributed by atoms with Crippen molar-refractivity contribution in [1.82, 2.24) is 25.1 Å². The maximum absolute atomic E-state index is 13.8. The molecule has 2 atom stereocenters. The molecule has 1 saturated carbocycles. The lowest BCUT2D eigenvalue weighted by Gasteiger charge is -2.32. The number of anilines is 2. The predicted octanol–water partition coefficient (Wildman–Crippen LogP) is 4.08. The number of alkyl halides is 3. The molecule has 2 heterocycles. The van der Waals surface area contributed by atoms with Gasteiger partial charge in [0.05, 0.1) is 18.4 Å². The van der Waals surface area contributed by atoms with Gasteiger partial charge in [-0.25, -0.2) is 14.8 Å². The lowest BCUT2D eigenvalue weighted by Crippen LogP contribution is -2.47. The number of carbonyl (C=O) groups excluding carboxylic acids is 2. The molecular weight excluding hydrogens is 501 g/mol. The number of alkyl carbamates (subject to hydrolysis) is 1. The fourth-order valence-electron chi connectivity index (χ4n) is 4.99. The highest BCUT2D eigenvalue weighted by Crippen LogP contribution is 2.35. The van der Waals surface area contributed by atoms with Gasteiger partial charge in [0.25, 0.3) is 5.91 Å².